The molecule has 35 heavy (non-hydrogen) atoms. The van der Waals surface area contributed by atoms with Crippen molar-refractivity contribution in [3.8, 4) is 0 Å². The van der Waals surface area contributed by atoms with Crippen molar-refractivity contribution in [3.05, 3.63) is 71.1 Å². The van der Waals surface area contributed by atoms with Crippen LogP contribution in [0, 0.1) is 0 Å². The van der Waals surface area contributed by atoms with Gasteiger partial charge in [-0.15, -0.1) is 0 Å². The summed E-state index contributed by atoms with van der Waals surface area (Å²) in [6, 6.07) is 19.7. The number of aliphatic hydroxyl groups is 1. The molecule has 2 aromatic carbocycles. The van der Waals surface area contributed by atoms with Gasteiger partial charge in [0.1, 0.15) is 0 Å². The summed E-state index contributed by atoms with van der Waals surface area (Å²) >= 11 is 0. The van der Waals surface area contributed by atoms with E-state index in [0.717, 1.165) is 10.4 Å². The predicted octanol–water partition coefficient (Wildman–Crippen LogP) is 2.61. The first-order valence-corrected chi connectivity index (χ1v) is 14.5. The van der Waals surface area contributed by atoms with Gasteiger partial charge in [-0.1, -0.05) is 0 Å². The molecule has 1 fully saturated rings. The summed E-state index contributed by atoms with van der Waals surface area (Å²) in [5, 5.41) is 17.1. The van der Waals surface area contributed by atoms with Crippen molar-refractivity contribution in [1.82, 2.24) is 0 Å². The average Bonchev–Trinajstić information content (AvgIpc) is 2.86. The second kappa shape index (κ2) is 12.4. The SMILES string of the molecule is CO[C@H]1OC(CO[Si](c2ccccc2)(c2ccccc2)C(C)(C)C)[C@@H](O)[C@H](P[B]B=O)C1N=[N+]=[N-]. The second-order valence-corrected chi connectivity index (χ2v) is 15.1. The fourth-order valence-electron chi connectivity index (χ4n) is 4.77. The molecular weight excluding hydrogens is 479 g/mol. The van der Waals surface area contributed by atoms with Gasteiger partial charge in [0.15, 0.2) is 0 Å². The molecule has 1 heterocycles. The quantitative estimate of drug-likeness (QED) is 0.174. The fraction of sp³-hybridized carbons (Fsp3) is 0.478. The molecule has 1 saturated heterocycles. The number of hydrogen-bond donors (Lipinski definition) is 1. The van der Waals surface area contributed by atoms with Crippen LogP contribution in [0.15, 0.2) is 65.8 Å². The second-order valence-electron chi connectivity index (χ2n) is 9.43. The molecule has 6 atom stereocenters. The summed E-state index contributed by atoms with van der Waals surface area (Å²) in [4.78, 5) is 2.90. The molecule has 3 unspecified atom stereocenters. The van der Waals surface area contributed by atoms with E-state index in [2.05, 4.69) is 55.1 Å². The Kier molecular flexibility index (Phi) is 9.84. The molecule has 0 aliphatic carbocycles. The molecule has 0 saturated carbocycles. The molecule has 2 aromatic rings. The van der Waals surface area contributed by atoms with Crippen LogP contribution in [0.3, 0.4) is 0 Å². The van der Waals surface area contributed by atoms with Gasteiger partial charge in [-0.2, -0.15) is 0 Å². The molecule has 1 aliphatic heterocycles. The first-order chi connectivity index (χ1) is 16.8. The van der Waals surface area contributed by atoms with Gasteiger partial charge in [-0.3, -0.25) is 0 Å². The van der Waals surface area contributed by atoms with E-state index >= 15 is 0 Å². The van der Waals surface area contributed by atoms with E-state index in [4.69, 9.17) is 19.4 Å². The fourth-order valence-corrected chi connectivity index (χ4v) is 10.5. The van der Waals surface area contributed by atoms with Crippen LogP contribution in [0.2, 0.25) is 5.04 Å². The van der Waals surface area contributed by atoms with Crippen molar-refractivity contribution in [3.63, 3.8) is 0 Å². The van der Waals surface area contributed by atoms with Gasteiger partial charge in [0.05, 0.1) is 0 Å². The number of methoxy groups -OCH3 is 1. The molecule has 1 aliphatic rings. The summed E-state index contributed by atoms with van der Waals surface area (Å²) in [7, 11) is -0.761. The van der Waals surface area contributed by atoms with Gasteiger partial charge in [-0.25, -0.2) is 0 Å². The van der Waals surface area contributed by atoms with Crippen molar-refractivity contribution in [2.75, 3.05) is 13.7 Å². The van der Waals surface area contributed by atoms with E-state index < -0.39 is 38.5 Å². The van der Waals surface area contributed by atoms with E-state index in [1.54, 1.807) is 0 Å². The zero-order valence-corrected chi connectivity index (χ0v) is 22.4. The molecule has 8 nitrogen and oxygen atoms in total. The van der Waals surface area contributed by atoms with Crippen molar-refractivity contribution in [2.24, 2.45) is 5.11 Å². The third kappa shape index (κ3) is 5.95. The minimum absolute atomic E-state index is 0.0594. The number of benzene rings is 2. The van der Waals surface area contributed by atoms with E-state index in [-0.39, 0.29) is 20.1 Å². The van der Waals surface area contributed by atoms with E-state index in [0.29, 0.717) is 7.04 Å². The first kappa shape index (κ1) is 27.7. The molecule has 1 radical (unpaired) electrons. The van der Waals surface area contributed by atoms with Crippen LogP contribution in [0.4, 0.5) is 0 Å². The third-order valence-electron chi connectivity index (χ3n) is 6.36. The monoisotopic (exact) mass is 510 g/mol. The molecule has 0 spiro atoms. The number of aliphatic hydroxyl groups excluding tert-OH is 1. The minimum atomic E-state index is -2.85. The van der Waals surface area contributed by atoms with Gasteiger partial charge in [0.25, 0.3) is 0 Å². The molecular formula is C23H31B2N3O5PSi. The van der Waals surface area contributed by atoms with E-state index in [1.165, 1.54) is 14.0 Å². The Morgan fingerprint density at radius 2 is 1.71 bits per heavy atom. The Morgan fingerprint density at radius 1 is 1.14 bits per heavy atom. The molecule has 12 heteroatoms. The number of nitrogens with zero attached hydrogens (tertiary/aromatic N) is 3. The van der Waals surface area contributed by atoms with Gasteiger partial charge in [0, 0.05) is 0 Å². The van der Waals surface area contributed by atoms with Crippen LogP contribution in [-0.2, 0) is 18.6 Å². The number of azide groups is 1. The van der Waals surface area contributed by atoms with Crippen LogP contribution in [0.25, 0.3) is 10.4 Å². The Labute approximate surface area is 210 Å². The molecule has 0 bridgehead atoms. The van der Waals surface area contributed by atoms with E-state index in [9.17, 15) is 9.81 Å². The average molecular weight is 510 g/mol. The van der Waals surface area contributed by atoms with Crippen LogP contribution in [0.1, 0.15) is 20.8 Å². The maximum atomic E-state index is 11.2. The Balaban J connectivity index is 2.00. The van der Waals surface area contributed by atoms with Crippen LogP contribution in [-0.4, -0.2) is 71.3 Å². The van der Waals surface area contributed by atoms with E-state index in [1.807, 2.05) is 36.4 Å². The molecule has 0 aromatic heterocycles. The number of hydrogen-bond acceptors (Lipinski definition) is 6. The molecule has 0 amide bonds. The van der Waals surface area contributed by atoms with Gasteiger partial charge in [-0.05, 0) is 0 Å². The normalized spacial score (nSPS) is 25.1. The topological polar surface area (TPSA) is 114 Å². The zero-order chi connectivity index (χ0) is 25.5. The van der Waals surface area contributed by atoms with Crippen LogP contribution in [0.5, 0.6) is 0 Å². The number of ether oxygens (including phenoxy) is 2. The van der Waals surface area contributed by atoms with Crippen molar-refractivity contribution in [1.29, 1.82) is 0 Å². The Morgan fingerprint density at radius 3 is 2.17 bits per heavy atom. The molecule has 183 valence electrons. The first-order valence-electron chi connectivity index (χ1n) is 11.5. The number of rotatable bonds is 10. The van der Waals surface area contributed by atoms with Crippen LogP contribution >= 0.6 is 8.46 Å². The summed E-state index contributed by atoms with van der Waals surface area (Å²) in [6.45, 7) is 8.08. The molecule has 1 N–H and O–H groups in total. The van der Waals surface area contributed by atoms with Crippen LogP contribution < -0.4 is 10.4 Å². The molecule has 3 rings (SSSR count). The van der Waals surface area contributed by atoms with Crippen molar-refractivity contribution >= 4 is 41.1 Å². The Hall–Kier alpha value is -1.83. The summed E-state index contributed by atoms with van der Waals surface area (Å²) in [5.41, 5.74) is 8.52. The van der Waals surface area contributed by atoms with Gasteiger partial charge >= 0.3 is 211 Å². The summed E-state index contributed by atoms with van der Waals surface area (Å²) in [5.74, 6) is 0. The predicted molar refractivity (Wildman–Crippen MR) is 142 cm³/mol. The van der Waals surface area contributed by atoms with Gasteiger partial charge in [0.2, 0.25) is 0 Å². The van der Waals surface area contributed by atoms with Crippen molar-refractivity contribution < 1.29 is 23.7 Å². The van der Waals surface area contributed by atoms with Gasteiger partial charge < -0.3 is 0 Å². The zero-order valence-electron chi connectivity index (χ0n) is 20.4. The summed E-state index contributed by atoms with van der Waals surface area (Å²) < 4.78 is 29.5. The Bertz CT molecular complexity index is 972. The standard InChI is InChI=1S/C23H31B2N3O5PSi/c1-23(2,3)35(16-11-7-5-8-12-16,17-13-9-6-10-14-17)32-15-18-20(29)21(34-25-24-30)19(27-28-26)22(31-4)33-18/h5-14,18-22,29,34H,15H2,1-4H3/t18?,19?,20-,21-,22+/m1/s1. The van der Waals surface area contributed by atoms with Crippen molar-refractivity contribution in [2.45, 2.75) is 56.0 Å². The third-order valence-corrected chi connectivity index (χ3v) is 12.8. The summed E-state index contributed by atoms with van der Waals surface area (Å²) in [6.07, 6.45) is -2.60. The maximum absolute atomic E-state index is 11.2.